The van der Waals surface area contributed by atoms with Crippen LogP contribution >= 0.6 is 0 Å². The van der Waals surface area contributed by atoms with E-state index in [1.807, 2.05) is 36.7 Å². The van der Waals surface area contributed by atoms with Crippen LogP contribution in [-0.2, 0) is 5.41 Å². The van der Waals surface area contributed by atoms with Crippen LogP contribution in [-0.4, -0.2) is 9.97 Å². The smallest absolute Gasteiger partial charge is 0.126 e. The Bertz CT molecular complexity index is 512. The van der Waals surface area contributed by atoms with Gasteiger partial charge in [0.05, 0.1) is 11.7 Å². The van der Waals surface area contributed by atoms with E-state index in [0.29, 0.717) is 0 Å². The first kappa shape index (κ1) is 13.5. The number of anilines is 1. The molecule has 19 heavy (non-hydrogen) atoms. The highest BCUT2D eigenvalue weighted by molar-refractivity contribution is 5.39. The fourth-order valence-electron chi connectivity index (χ4n) is 1.85. The van der Waals surface area contributed by atoms with Crippen LogP contribution in [0, 0.1) is 0 Å². The molecule has 2 heterocycles. The molecule has 0 fully saturated rings. The van der Waals surface area contributed by atoms with Gasteiger partial charge in [-0.1, -0.05) is 32.9 Å². The molecule has 0 amide bonds. The fraction of sp³-hybridized carbons (Fsp3) is 0.375. The molecule has 0 aliphatic rings. The molecule has 100 valence electrons. The van der Waals surface area contributed by atoms with Gasteiger partial charge in [-0.2, -0.15) is 0 Å². The molecule has 0 aromatic carbocycles. The predicted molar refractivity (Wildman–Crippen MR) is 79.2 cm³/mol. The van der Waals surface area contributed by atoms with Crippen LogP contribution in [0.3, 0.4) is 0 Å². The quantitative estimate of drug-likeness (QED) is 0.902. The monoisotopic (exact) mass is 255 g/mol. The van der Waals surface area contributed by atoms with Gasteiger partial charge in [-0.05, 0) is 36.1 Å². The number of hydrogen-bond donors (Lipinski definition) is 1. The summed E-state index contributed by atoms with van der Waals surface area (Å²) in [5, 5.41) is 3.36. The minimum absolute atomic E-state index is 0.137. The maximum absolute atomic E-state index is 4.47. The first-order valence-electron chi connectivity index (χ1n) is 6.61. The molecule has 3 heteroatoms. The Labute approximate surface area is 115 Å². The number of nitrogens with one attached hydrogen (secondary N) is 1. The summed E-state index contributed by atoms with van der Waals surface area (Å²) in [7, 11) is 0. The summed E-state index contributed by atoms with van der Waals surface area (Å²) in [6.07, 6.45) is 3.75. The van der Waals surface area contributed by atoms with E-state index >= 15 is 0 Å². The Morgan fingerprint density at radius 1 is 1.05 bits per heavy atom. The summed E-state index contributed by atoms with van der Waals surface area (Å²) in [6, 6.07) is 10.2. The van der Waals surface area contributed by atoms with Crippen molar-refractivity contribution in [2.45, 2.75) is 39.2 Å². The van der Waals surface area contributed by atoms with Crippen molar-refractivity contribution < 1.29 is 0 Å². The van der Waals surface area contributed by atoms with Crippen LogP contribution in [0.2, 0.25) is 0 Å². The molecular weight excluding hydrogens is 234 g/mol. The Kier molecular flexibility index (Phi) is 3.84. The summed E-state index contributed by atoms with van der Waals surface area (Å²) >= 11 is 0. The molecule has 1 unspecified atom stereocenters. The van der Waals surface area contributed by atoms with Crippen molar-refractivity contribution in [2.75, 3.05) is 5.32 Å². The van der Waals surface area contributed by atoms with Gasteiger partial charge in [0.2, 0.25) is 0 Å². The molecule has 0 aliphatic carbocycles. The third-order valence-electron chi connectivity index (χ3n) is 3.13. The lowest BCUT2D eigenvalue weighted by Crippen LogP contribution is -2.13. The molecule has 1 N–H and O–H groups in total. The summed E-state index contributed by atoms with van der Waals surface area (Å²) in [4.78, 5) is 8.81. The largest absolute Gasteiger partial charge is 0.362 e. The third kappa shape index (κ3) is 3.53. The molecule has 3 nitrogen and oxygen atoms in total. The van der Waals surface area contributed by atoms with E-state index in [9.17, 15) is 0 Å². The normalized spacial score (nSPS) is 13.1. The minimum Gasteiger partial charge on any atom is -0.362 e. The molecule has 1 atom stereocenters. The van der Waals surface area contributed by atoms with Crippen LogP contribution < -0.4 is 5.32 Å². The van der Waals surface area contributed by atoms with E-state index in [2.05, 4.69) is 49.0 Å². The third-order valence-corrected chi connectivity index (χ3v) is 3.13. The lowest BCUT2D eigenvalue weighted by Gasteiger charge is -2.19. The predicted octanol–water partition coefficient (Wildman–Crippen LogP) is 3.95. The van der Waals surface area contributed by atoms with Gasteiger partial charge in [0, 0.05) is 12.4 Å². The fourth-order valence-corrected chi connectivity index (χ4v) is 1.85. The summed E-state index contributed by atoms with van der Waals surface area (Å²) < 4.78 is 0. The maximum Gasteiger partial charge on any atom is 0.126 e. The highest BCUT2D eigenvalue weighted by atomic mass is 15.0. The molecule has 2 rings (SSSR count). The molecule has 0 bridgehead atoms. The average Bonchev–Trinajstić information content (AvgIpc) is 2.39. The number of aromatic nitrogens is 2. The molecule has 0 radical (unpaired) electrons. The van der Waals surface area contributed by atoms with E-state index in [4.69, 9.17) is 0 Å². The maximum atomic E-state index is 4.47. The van der Waals surface area contributed by atoms with Crippen LogP contribution in [0.15, 0.2) is 42.7 Å². The Hall–Kier alpha value is -1.90. The average molecular weight is 255 g/mol. The number of rotatable bonds is 3. The topological polar surface area (TPSA) is 37.8 Å². The van der Waals surface area contributed by atoms with Crippen molar-refractivity contribution in [3.63, 3.8) is 0 Å². The lowest BCUT2D eigenvalue weighted by molar-refractivity contribution is 0.587. The Morgan fingerprint density at radius 2 is 1.84 bits per heavy atom. The van der Waals surface area contributed by atoms with Gasteiger partial charge < -0.3 is 5.32 Å². The van der Waals surface area contributed by atoms with Crippen molar-refractivity contribution in [1.29, 1.82) is 0 Å². The molecule has 2 aromatic rings. The minimum atomic E-state index is 0.137. The second-order valence-electron chi connectivity index (χ2n) is 5.80. The number of nitrogens with zero attached hydrogens (tertiary/aromatic N) is 2. The molecule has 0 saturated heterocycles. The lowest BCUT2D eigenvalue weighted by atomic mass is 9.88. The number of pyridine rings is 2. The molecule has 0 spiro atoms. The zero-order valence-electron chi connectivity index (χ0n) is 12.0. The molecule has 0 saturated carbocycles. The standard InChI is InChI=1S/C16H21N3/c1-12(14-7-5-6-10-17-14)19-15-9-8-13(11-18-15)16(2,3)4/h5-12H,1-4H3,(H,18,19). The number of hydrogen-bond acceptors (Lipinski definition) is 3. The molecular formula is C16H21N3. The van der Waals surface area contributed by atoms with Gasteiger partial charge >= 0.3 is 0 Å². The first-order valence-corrected chi connectivity index (χ1v) is 6.61. The second kappa shape index (κ2) is 5.39. The van der Waals surface area contributed by atoms with E-state index in [0.717, 1.165) is 11.5 Å². The van der Waals surface area contributed by atoms with Crippen LogP contribution in [0.5, 0.6) is 0 Å². The SMILES string of the molecule is CC(Nc1ccc(C(C)(C)C)cn1)c1ccccn1. The molecule has 0 aliphatic heterocycles. The van der Waals surface area contributed by atoms with E-state index in [1.54, 1.807) is 0 Å². The summed E-state index contributed by atoms with van der Waals surface area (Å²) in [6.45, 7) is 8.65. The van der Waals surface area contributed by atoms with Crippen LogP contribution in [0.4, 0.5) is 5.82 Å². The Balaban J connectivity index is 2.08. The summed E-state index contributed by atoms with van der Waals surface area (Å²) in [5.41, 5.74) is 2.39. The van der Waals surface area contributed by atoms with Crippen molar-refractivity contribution in [2.24, 2.45) is 0 Å². The van der Waals surface area contributed by atoms with Crippen molar-refractivity contribution in [3.8, 4) is 0 Å². The highest BCUT2D eigenvalue weighted by Crippen LogP contribution is 2.23. The molecule has 2 aromatic heterocycles. The van der Waals surface area contributed by atoms with Crippen molar-refractivity contribution >= 4 is 5.82 Å². The van der Waals surface area contributed by atoms with E-state index < -0.39 is 0 Å². The first-order chi connectivity index (χ1) is 8.97. The van der Waals surface area contributed by atoms with Gasteiger partial charge in [-0.15, -0.1) is 0 Å². The zero-order valence-corrected chi connectivity index (χ0v) is 12.0. The van der Waals surface area contributed by atoms with Crippen molar-refractivity contribution in [1.82, 2.24) is 9.97 Å². The zero-order chi connectivity index (χ0) is 13.9. The van der Waals surface area contributed by atoms with Gasteiger partial charge in [-0.25, -0.2) is 4.98 Å². The summed E-state index contributed by atoms with van der Waals surface area (Å²) in [5.74, 6) is 0.881. The Morgan fingerprint density at radius 3 is 2.37 bits per heavy atom. The van der Waals surface area contributed by atoms with Gasteiger partial charge in [-0.3, -0.25) is 4.98 Å². The van der Waals surface area contributed by atoms with Crippen molar-refractivity contribution in [3.05, 3.63) is 54.0 Å². The van der Waals surface area contributed by atoms with Gasteiger partial charge in [0.15, 0.2) is 0 Å². The highest BCUT2D eigenvalue weighted by Gasteiger charge is 2.14. The van der Waals surface area contributed by atoms with Crippen LogP contribution in [0.1, 0.15) is 45.0 Å². The van der Waals surface area contributed by atoms with E-state index in [-0.39, 0.29) is 11.5 Å². The van der Waals surface area contributed by atoms with Gasteiger partial charge in [0.1, 0.15) is 5.82 Å². The van der Waals surface area contributed by atoms with Crippen LogP contribution in [0.25, 0.3) is 0 Å². The second-order valence-corrected chi connectivity index (χ2v) is 5.80. The van der Waals surface area contributed by atoms with Gasteiger partial charge in [0.25, 0.3) is 0 Å². The van der Waals surface area contributed by atoms with E-state index in [1.165, 1.54) is 5.56 Å².